The molecule has 2 N–H and O–H groups in total. The number of halogens is 3. The Morgan fingerprint density at radius 1 is 1.47 bits per heavy atom. The maximum atomic E-state index is 12.8. The van der Waals surface area contributed by atoms with Crippen LogP contribution in [0.15, 0.2) is 18.2 Å². The Morgan fingerprint density at radius 3 is 2.58 bits per heavy atom. The van der Waals surface area contributed by atoms with Gasteiger partial charge in [0.2, 0.25) is 0 Å². The Kier molecular flexibility index (Phi) is 4.65. The Labute approximate surface area is 111 Å². The molecule has 0 aromatic heterocycles. The maximum Gasteiger partial charge on any atom is 0.418 e. The van der Waals surface area contributed by atoms with Crippen LogP contribution < -0.4 is 10.6 Å². The van der Waals surface area contributed by atoms with Gasteiger partial charge in [0, 0.05) is 18.7 Å². The lowest BCUT2D eigenvalue weighted by Gasteiger charge is -2.15. The molecule has 1 rings (SSSR count). The molecule has 0 amide bonds. The Bertz CT molecular complexity index is 505. The molecule has 0 aliphatic rings. The van der Waals surface area contributed by atoms with Gasteiger partial charge in [-0.25, -0.2) is 0 Å². The fourth-order valence-electron chi connectivity index (χ4n) is 1.32. The van der Waals surface area contributed by atoms with Gasteiger partial charge in [-0.05, 0) is 25.2 Å². The van der Waals surface area contributed by atoms with Gasteiger partial charge in [0.1, 0.15) is 0 Å². The fraction of sp³-hybridized carbons (Fsp3) is 0.300. The summed E-state index contributed by atoms with van der Waals surface area (Å²) in [6.07, 6.45) is -4.71. The number of hydrogen-bond donors (Lipinski definition) is 2. The second-order valence-corrected chi connectivity index (χ2v) is 3.88. The number of nitro benzene ring substituents is 1. The van der Waals surface area contributed by atoms with E-state index in [1.54, 1.807) is 6.92 Å². The maximum absolute atomic E-state index is 12.8. The van der Waals surface area contributed by atoms with E-state index in [-0.39, 0.29) is 10.8 Å². The zero-order valence-corrected chi connectivity index (χ0v) is 10.6. The van der Waals surface area contributed by atoms with Gasteiger partial charge in [0.15, 0.2) is 5.11 Å². The van der Waals surface area contributed by atoms with Gasteiger partial charge < -0.3 is 10.6 Å². The molecule has 0 aliphatic carbocycles. The molecule has 1 aromatic carbocycles. The molecular formula is C10H10F3N3O2S. The first-order valence-electron chi connectivity index (χ1n) is 5.16. The lowest BCUT2D eigenvalue weighted by molar-refractivity contribution is -0.385. The predicted molar refractivity (Wildman–Crippen MR) is 68.0 cm³/mol. The highest BCUT2D eigenvalue weighted by Gasteiger charge is 2.35. The van der Waals surface area contributed by atoms with Gasteiger partial charge in [-0.2, -0.15) is 13.2 Å². The van der Waals surface area contributed by atoms with Gasteiger partial charge in [-0.3, -0.25) is 10.1 Å². The summed E-state index contributed by atoms with van der Waals surface area (Å²) in [4.78, 5) is 9.61. The SMILES string of the molecule is CCNC(=S)Nc1ccc([N+](=O)[O-])cc1C(F)(F)F. The molecule has 0 atom stereocenters. The second-order valence-electron chi connectivity index (χ2n) is 3.47. The van der Waals surface area contributed by atoms with Crippen molar-refractivity contribution >= 4 is 28.7 Å². The van der Waals surface area contributed by atoms with Crippen LogP contribution in [0.5, 0.6) is 0 Å². The van der Waals surface area contributed by atoms with E-state index in [0.29, 0.717) is 12.6 Å². The molecule has 0 unspecified atom stereocenters. The van der Waals surface area contributed by atoms with Crippen molar-refractivity contribution in [3.05, 3.63) is 33.9 Å². The summed E-state index contributed by atoms with van der Waals surface area (Å²) in [5, 5.41) is 15.5. The highest BCUT2D eigenvalue weighted by atomic mass is 32.1. The molecule has 0 bridgehead atoms. The number of anilines is 1. The number of non-ortho nitro benzene ring substituents is 1. The first-order valence-corrected chi connectivity index (χ1v) is 5.57. The third kappa shape index (κ3) is 4.05. The highest BCUT2D eigenvalue weighted by Crippen LogP contribution is 2.36. The number of nitrogens with one attached hydrogen (secondary N) is 2. The molecule has 5 nitrogen and oxygen atoms in total. The number of rotatable bonds is 3. The minimum Gasteiger partial charge on any atom is -0.363 e. The Morgan fingerprint density at radius 2 is 2.11 bits per heavy atom. The van der Waals surface area contributed by atoms with E-state index in [2.05, 4.69) is 10.6 Å². The molecule has 104 valence electrons. The van der Waals surface area contributed by atoms with Gasteiger partial charge in [0.25, 0.3) is 5.69 Å². The molecular weight excluding hydrogens is 283 g/mol. The summed E-state index contributed by atoms with van der Waals surface area (Å²) in [7, 11) is 0. The van der Waals surface area contributed by atoms with Gasteiger partial charge in [-0.1, -0.05) is 0 Å². The van der Waals surface area contributed by atoms with Gasteiger partial charge in [0.05, 0.1) is 16.2 Å². The van der Waals surface area contributed by atoms with E-state index in [4.69, 9.17) is 12.2 Å². The third-order valence-corrected chi connectivity index (χ3v) is 2.35. The smallest absolute Gasteiger partial charge is 0.363 e. The van der Waals surface area contributed by atoms with Crippen LogP contribution in [0.2, 0.25) is 0 Å². The summed E-state index contributed by atoms with van der Waals surface area (Å²) in [5.74, 6) is 0. The molecule has 0 spiro atoms. The van der Waals surface area contributed by atoms with Crippen LogP contribution in [0.1, 0.15) is 12.5 Å². The quantitative estimate of drug-likeness (QED) is 0.509. The van der Waals surface area contributed by atoms with Crippen molar-refractivity contribution in [3.8, 4) is 0 Å². The van der Waals surface area contributed by atoms with Crippen molar-refractivity contribution in [2.45, 2.75) is 13.1 Å². The molecule has 9 heteroatoms. The molecule has 0 radical (unpaired) electrons. The monoisotopic (exact) mass is 293 g/mol. The van der Waals surface area contributed by atoms with Crippen molar-refractivity contribution in [3.63, 3.8) is 0 Å². The standard InChI is InChI=1S/C10H10F3N3O2S/c1-2-14-9(19)15-8-4-3-6(16(17)18)5-7(8)10(11,12)13/h3-5H,2H2,1H3,(H2,14,15,19). The van der Waals surface area contributed by atoms with E-state index in [1.165, 1.54) is 0 Å². The number of nitro groups is 1. The Hall–Kier alpha value is -1.90. The van der Waals surface area contributed by atoms with Gasteiger partial charge in [-0.15, -0.1) is 0 Å². The molecule has 19 heavy (non-hydrogen) atoms. The zero-order valence-electron chi connectivity index (χ0n) is 9.75. The average Bonchev–Trinajstić information content (AvgIpc) is 2.27. The third-order valence-electron chi connectivity index (χ3n) is 2.10. The van der Waals surface area contributed by atoms with Crippen LogP contribution >= 0.6 is 12.2 Å². The second kappa shape index (κ2) is 5.83. The van der Waals surface area contributed by atoms with E-state index >= 15 is 0 Å². The molecule has 0 saturated carbocycles. The molecule has 0 saturated heterocycles. The van der Waals surface area contributed by atoms with E-state index < -0.39 is 22.4 Å². The predicted octanol–water partition coefficient (Wildman–Crippen LogP) is 2.92. The molecule has 0 fully saturated rings. The number of thiocarbonyl (C=S) groups is 1. The fourth-order valence-corrected chi connectivity index (χ4v) is 1.57. The van der Waals surface area contributed by atoms with Crippen molar-refractivity contribution in [1.29, 1.82) is 0 Å². The van der Waals surface area contributed by atoms with Crippen LogP contribution in [0.3, 0.4) is 0 Å². The summed E-state index contributed by atoms with van der Waals surface area (Å²) >= 11 is 4.78. The van der Waals surface area contributed by atoms with Crippen LogP contribution in [-0.4, -0.2) is 16.6 Å². The van der Waals surface area contributed by atoms with Crippen LogP contribution in [0.4, 0.5) is 24.5 Å². The normalized spacial score (nSPS) is 10.9. The van der Waals surface area contributed by atoms with Crippen LogP contribution in [-0.2, 0) is 6.18 Å². The van der Waals surface area contributed by atoms with Crippen LogP contribution in [0, 0.1) is 10.1 Å². The van der Waals surface area contributed by atoms with E-state index in [0.717, 1.165) is 12.1 Å². The minimum atomic E-state index is -4.71. The summed E-state index contributed by atoms with van der Waals surface area (Å²) in [6, 6.07) is 2.42. The summed E-state index contributed by atoms with van der Waals surface area (Å²) < 4.78 is 38.4. The first kappa shape index (κ1) is 15.2. The summed E-state index contributed by atoms with van der Waals surface area (Å²) in [6.45, 7) is 2.18. The zero-order chi connectivity index (χ0) is 14.6. The lowest BCUT2D eigenvalue weighted by atomic mass is 10.1. The van der Waals surface area contributed by atoms with Crippen molar-refractivity contribution in [2.75, 3.05) is 11.9 Å². The molecule has 1 aromatic rings. The van der Waals surface area contributed by atoms with Crippen LogP contribution in [0.25, 0.3) is 0 Å². The lowest BCUT2D eigenvalue weighted by Crippen LogP contribution is -2.29. The number of hydrogen-bond acceptors (Lipinski definition) is 3. The summed E-state index contributed by atoms with van der Waals surface area (Å²) in [5.41, 5.74) is -2.10. The van der Waals surface area contributed by atoms with Crippen molar-refractivity contribution in [1.82, 2.24) is 5.32 Å². The topological polar surface area (TPSA) is 67.2 Å². The first-order chi connectivity index (χ1) is 8.75. The van der Waals surface area contributed by atoms with E-state index in [9.17, 15) is 23.3 Å². The number of benzene rings is 1. The highest BCUT2D eigenvalue weighted by molar-refractivity contribution is 7.80. The van der Waals surface area contributed by atoms with E-state index in [1.807, 2.05) is 0 Å². The minimum absolute atomic E-state index is 0.0156. The van der Waals surface area contributed by atoms with Gasteiger partial charge >= 0.3 is 6.18 Å². The Balaban J connectivity index is 3.17. The van der Waals surface area contributed by atoms with Crippen molar-refractivity contribution < 1.29 is 18.1 Å². The molecule has 0 heterocycles. The van der Waals surface area contributed by atoms with Crippen molar-refractivity contribution in [2.24, 2.45) is 0 Å². The molecule has 0 aliphatic heterocycles. The average molecular weight is 293 g/mol. The number of nitrogens with zero attached hydrogens (tertiary/aromatic N) is 1. The largest absolute Gasteiger partial charge is 0.418 e. The number of alkyl halides is 3.